The number of amides is 1. The van der Waals surface area contributed by atoms with Crippen LogP contribution in [0.25, 0.3) is 10.9 Å². The second-order valence-electron chi connectivity index (χ2n) is 7.18. The highest BCUT2D eigenvalue weighted by Gasteiger charge is 2.29. The number of sulfonamides is 1. The molecule has 1 heterocycles. The zero-order valence-electron chi connectivity index (χ0n) is 17.8. The number of nitrogen functional groups attached to an aromatic ring is 1. The van der Waals surface area contributed by atoms with Gasteiger partial charge >= 0.3 is 5.97 Å². The van der Waals surface area contributed by atoms with Gasteiger partial charge in [-0.1, -0.05) is 18.2 Å². The maximum Gasteiger partial charge on any atom is 0.305 e. The number of ether oxygens (including phenoxy) is 1. The average molecular weight is 473 g/mol. The zero-order chi connectivity index (χ0) is 24.0. The molecule has 33 heavy (non-hydrogen) atoms. The van der Waals surface area contributed by atoms with Gasteiger partial charge < -0.3 is 20.9 Å². The predicted octanol–water partition coefficient (Wildman–Crippen LogP) is 1.31. The Balaban J connectivity index is 1.82. The van der Waals surface area contributed by atoms with E-state index >= 15 is 0 Å². The molecule has 1 unspecified atom stereocenters. The van der Waals surface area contributed by atoms with Crippen molar-refractivity contribution in [2.75, 3.05) is 19.4 Å². The summed E-state index contributed by atoms with van der Waals surface area (Å²) in [5.74, 6) is -2.11. The van der Waals surface area contributed by atoms with Crippen molar-refractivity contribution in [2.45, 2.75) is 23.8 Å². The van der Waals surface area contributed by atoms with Crippen molar-refractivity contribution < 1.29 is 27.9 Å². The molecule has 0 saturated carbocycles. The summed E-state index contributed by atoms with van der Waals surface area (Å²) in [7, 11) is -3.02. The van der Waals surface area contributed by atoms with Crippen molar-refractivity contribution >= 4 is 38.5 Å². The number of likely N-dealkylation sites (N-methyl/N-ethyl adjacent to an activating group) is 1. The number of carbonyl (C=O) groups excluding carboxylic acids is 1. The predicted molar refractivity (Wildman–Crippen MR) is 122 cm³/mol. The molecular formula is C22H24N4O6S. The zero-order valence-corrected chi connectivity index (χ0v) is 18.6. The lowest BCUT2D eigenvalue weighted by molar-refractivity contribution is -0.139. The van der Waals surface area contributed by atoms with Crippen LogP contribution in [0.15, 0.2) is 59.6 Å². The number of benzene rings is 2. The van der Waals surface area contributed by atoms with E-state index < -0.39 is 34.4 Å². The van der Waals surface area contributed by atoms with E-state index in [0.717, 1.165) is 16.5 Å². The first-order valence-electron chi connectivity index (χ1n) is 10.0. The molecule has 2 aromatic carbocycles. The molecule has 0 saturated heterocycles. The van der Waals surface area contributed by atoms with Gasteiger partial charge in [0.05, 0.1) is 18.5 Å². The third-order valence-corrected chi connectivity index (χ3v) is 6.37. The fourth-order valence-corrected chi connectivity index (χ4v) is 4.62. The first-order valence-corrected chi connectivity index (χ1v) is 11.5. The van der Waals surface area contributed by atoms with Gasteiger partial charge in [-0.3, -0.25) is 14.6 Å². The van der Waals surface area contributed by atoms with Gasteiger partial charge in [-0.05, 0) is 29.8 Å². The Kier molecular flexibility index (Phi) is 7.46. The summed E-state index contributed by atoms with van der Waals surface area (Å²) in [5, 5.41) is 12.2. The maximum atomic E-state index is 13.0. The molecular weight excluding hydrogens is 448 g/mol. The monoisotopic (exact) mass is 472 g/mol. The van der Waals surface area contributed by atoms with E-state index in [1.807, 2.05) is 30.3 Å². The van der Waals surface area contributed by atoms with Crippen LogP contribution in [-0.4, -0.2) is 50.1 Å². The highest BCUT2D eigenvalue weighted by Crippen LogP contribution is 2.27. The quantitative estimate of drug-likeness (QED) is 0.321. The molecule has 10 nitrogen and oxygen atoms in total. The van der Waals surface area contributed by atoms with Gasteiger partial charge in [0, 0.05) is 36.8 Å². The van der Waals surface area contributed by atoms with Gasteiger partial charge in [-0.15, -0.1) is 0 Å². The van der Waals surface area contributed by atoms with Crippen LogP contribution in [0, 0.1) is 0 Å². The van der Waals surface area contributed by atoms with Gasteiger partial charge in [0.2, 0.25) is 15.9 Å². The van der Waals surface area contributed by atoms with Crippen LogP contribution in [0.4, 0.5) is 5.69 Å². The van der Waals surface area contributed by atoms with E-state index in [1.165, 1.54) is 25.2 Å². The molecule has 11 heteroatoms. The topological polar surface area (TPSA) is 161 Å². The van der Waals surface area contributed by atoms with Crippen molar-refractivity contribution in [3.05, 3.63) is 60.3 Å². The summed E-state index contributed by atoms with van der Waals surface area (Å²) < 4.78 is 33.8. The standard InChI is InChI=1S/C22H24N4O6S/c1-24-22(29)18(13-21(27)28)26-33(30,31)20-8-7-15(23)12-19(20)32-11-9-14-4-2-6-17-16(14)5-3-10-25-17/h2-8,10,12,18,26H,9,11,13,23H2,1H3,(H,24,29)(H,27,28). The summed E-state index contributed by atoms with van der Waals surface area (Å²) >= 11 is 0. The number of rotatable bonds is 10. The first-order chi connectivity index (χ1) is 15.7. The summed E-state index contributed by atoms with van der Waals surface area (Å²) in [4.78, 5) is 27.1. The molecule has 1 aromatic heterocycles. The van der Waals surface area contributed by atoms with Gasteiger partial charge in [-0.2, -0.15) is 4.72 Å². The Morgan fingerprint density at radius 2 is 1.97 bits per heavy atom. The van der Waals surface area contributed by atoms with E-state index in [-0.39, 0.29) is 22.9 Å². The van der Waals surface area contributed by atoms with Gasteiger partial charge in [-0.25, -0.2) is 8.42 Å². The minimum absolute atomic E-state index is 0.00755. The molecule has 3 aromatic rings. The molecule has 0 aliphatic carbocycles. The fourth-order valence-electron chi connectivity index (χ4n) is 3.30. The number of pyridine rings is 1. The van der Waals surface area contributed by atoms with Gasteiger partial charge in [0.25, 0.3) is 0 Å². The Labute approximate surface area is 190 Å². The molecule has 0 spiro atoms. The molecule has 3 rings (SSSR count). The number of nitrogens with two attached hydrogens (primary N) is 1. The van der Waals surface area contributed by atoms with Crippen LogP contribution in [0.3, 0.4) is 0 Å². The average Bonchev–Trinajstić information content (AvgIpc) is 2.77. The molecule has 5 N–H and O–H groups in total. The summed E-state index contributed by atoms with van der Waals surface area (Å²) in [6.07, 6.45) is 1.46. The molecule has 174 valence electrons. The second-order valence-corrected chi connectivity index (χ2v) is 8.86. The van der Waals surface area contributed by atoms with Crippen molar-refractivity contribution in [3.8, 4) is 5.75 Å². The van der Waals surface area contributed by atoms with Crippen LogP contribution in [0.1, 0.15) is 12.0 Å². The highest BCUT2D eigenvalue weighted by molar-refractivity contribution is 7.89. The van der Waals surface area contributed by atoms with E-state index in [0.29, 0.717) is 6.42 Å². The number of carboxylic acid groups (broad SMARTS) is 1. The van der Waals surface area contributed by atoms with Crippen molar-refractivity contribution in [1.82, 2.24) is 15.0 Å². The highest BCUT2D eigenvalue weighted by atomic mass is 32.2. The molecule has 0 fully saturated rings. The smallest absolute Gasteiger partial charge is 0.305 e. The number of hydrogen-bond donors (Lipinski definition) is 4. The van der Waals surface area contributed by atoms with Crippen LogP contribution in [-0.2, 0) is 26.0 Å². The van der Waals surface area contributed by atoms with Gasteiger partial charge in [0.15, 0.2) is 0 Å². The minimum Gasteiger partial charge on any atom is -0.492 e. The molecule has 1 atom stereocenters. The number of nitrogens with one attached hydrogen (secondary N) is 2. The number of anilines is 1. The van der Waals surface area contributed by atoms with Crippen molar-refractivity contribution in [1.29, 1.82) is 0 Å². The summed E-state index contributed by atoms with van der Waals surface area (Å²) in [6.45, 7) is 0.147. The van der Waals surface area contributed by atoms with Gasteiger partial charge in [0.1, 0.15) is 16.7 Å². The lowest BCUT2D eigenvalue weighted by atomic mass is 10.1. The summed E-state index contributed by atoms with van der Waals surface area (Å²) in [5.41, 5.74) is 7.92. The normalized spacial score (nSPS) is 12.3. The van der Waals surface area contributed by atoms with Crippen LogP contribution in [0.5, 0.6) is 5.75 Å². The molecule has 1 amide bonds. The van der Waals surface area contributed by atoms with Crippen LogP contribution < -0.4 is 20.5 Å². The lowest BCUT2D eigenvalue weighted by Gasteiger charge is -2.18. The molecule has 0 aliphatic rings. The largest absolute Gasteiger partial charge is 0.492 e. The number of carbonyl (C=O) groups is 2. The SMILES string of the molecule is CNC(=O)C(CC(=O)O)NS(=O)(=O)c1ccc(N)cc1OCCc1cccc2ncccc12. The molecule has 0 aliphatic heterocycles. The van der Waals surface area contributed by atoms with Crippen LogP contribution >= 0.6 is 0 Å². The number of carboxylic acids is 1. The van der Waals surface area contributed by atoms with E-state index in [2.05, 4.69) is 15.0 Å². The number of aromatic nitrogens is 1. The minimum atomic E-state index is -4.30. The van der Waals surface area contributed by atoms with Crippen LogP contribution in [0.2, 0.25) is 0 Å². The first kappa shape index (κ1) is 24.0. The fraction of sp³-hybridized carbons (Fsp3) is 0.227. The number of hydrogen-bond acceptors (Lipinski definition) is 7. The number of fused-ring (bicyclic) bond motifs is 1. The third-order valence-electron chi connectivity index (χ3n) is 4.86. The lowest BCUT2D eigenvalue weighted by Crippen LogP contribution is -2.46. The molecule has 0 bridgehead atoms. The van der Waals surface area contributed by atoms with Crippen molar-refractivity contribution in [3.63, 3.8) is 0 Å². The Morgan fingerprint density at radius 3 is 2.70 bits per heavy atom. The number of aliphatic carboxylic acids is 1. The molecule has 0 radical (unpaired) electrons. The van der Waals surface area contributed by atoms with E-state index in [9.17, 15) is 18.0 Å². The second kappa shape index (κ2) is 10.3. The Morgan fingerprint density at radius 1 is 1.18 bits per heavy atom. The van der Waals surface area contributed by atoms with E-state index in [1.54, 1.807) is 6.20 Å². The Hall–Kier alpha value is -3.70. The summed E-state index contributed by atoms with van der Waals surface area (Å²) in [6, 6.07) is 12.0. The third kappa shape index (κ3) is 5.96. The van der Waals surface area contributed by atoms with Crippen molar-refractivity contribution in [2.24, 2.45) is 0 Å². The van der Waals surface area contributed by atoms with E-state index in [4.69, 9.17) is 15.6 Å². The number of nitrogens with zero attached hydrogens (tertiary/aromatic N) is 1. The Bertz CT molecular complexity index is 1270. The maximum absolute atomic E-state index is 13.0.